The van der Waals surface area contributed by atoms with Crippen molar-refractivity contribution < 1.29 is 22.3 Å². The summed E-state index contributed by atoms with van der Waals surface area (Å²) in [6.45, 7) is 4.41. The van der Waals surface area contributed by atoms with Gasteiger partial charge in [0, 0.05) is 6.54 Å². The number of aryl methyl sites for hydroxylation is 2. The number of halogens is 1. The number of hydrogen-bond donors (Lipinski definition) is 0. The molecule has 5 nitrogen and oxygen atoms in total. The van der Waals surface area contributed by atoms with Crippen LogP contribution in [-0.4, -0.2) is 38.9 Å². The summed E-state index contributed by atoms with van der Waals surface area (Å²) in [6, 6.07) is 2.32. The highest BCUT2D eigenvalue weighted by atomic mass is 32.2. The van der Waals surface area contributed by atoms with Crippen LogP contribution in [0.25, 0.3) is 0 Å². The van der Waals surface area contributed by atoms with Gasteiger partial charge in [-0.3, -0.25) is 4.79 Å². The molecule has 0 atom stereocenters. The first-order chi connectivity index (χ1) is 9.23. The maximum absolute atomic E-state index is 13.3. The predicted molar refractivity (Wildman–Crippen MR) is 72.3 cm³/mol. The molecule has 0 heterocycles. The quantitative estimate of drug-likeness (QED) is 0.776. The summed E-state index contributed by atoms with van der Waals surface area (Å²) in [6.07, 6.45) is 0. The molecule has 1 aromatic rings. The average Bonchev–Trinajstić information content (AvgIpc) is 2.33. The molecule has 0 radical (unpaired) electrons. The molecule has 20 heavy (non-hydrogen) atoms. The van der Waals surface area contributed by atoms with Crippen molar-refractivity contribution in [2.45, 2.75) is 25.7 Å². The van der Waals surface area contributed by atoms with Gasteiger partial charge >= 0.3 is 5.97 Å². The van der Waals surface area contributed by atoms with Gasteiger partial charge in [0.15, 0.2) is 0 Å². The Morgan fingerprint density at radius 2 is 1.80 bits per heavy atom. The van der Waals surface area contributed by atoms with Crippen molar-refractivity contribution >= 4 is 16.0 Å². The highest BCUT2D eigenvalue weighted by molar-refractivity contribution is 7.89. The largest absolute Gasteiger partial charge is 0.468 e. The Morgan fingerprint density at radius 1 is 1.30 bits per heavy atom. The molecule has 0 aliphatic rings. The van der Waals surface area contributed by atoms with Gasteiger partial charge in [-0.05, 0) is 37.1 Å². The van der Waals surface area contributed by atoms with Crippen LogP contribution in [0.3, 0.4) is 0 Å². The van der Waals surface area contributed by atoms with E-state index in [-0.39, 0.29) is 18.0 Å². The number of hydrogen-bond acceptors (Lipinski definition) is 4. The molecular formula is C13H18FNO4S. The third-order valence-electron chi connectivity index (χ3n) is 2.91. The summed E-state index contributed by atoms with van der Waals surface area (Å²) < 4.78 is 43.9. The number of nitrogens with zero attached hydrogens (tertiary/aromatic N) is 1. The zero-order chi connectivity index (χ0) is 15.5. The molecule has 0 N–H and O–H groups in total. The van der Waals surface area contributed by atoms with Crippen LogP contribution in [0.5, 0.6) is 0 Å². The molecule has 0 unspecified atom stereocenters. The Kier molecular flexibility index (Phi) is 5.24. The van der Waals surface area contributed by atoms with Crippen molar-refractivity contribution in [3.63, 3.8) is 0 Å². The molecule has 0 saturated heterocycles. The monoisotopic (exact) mass is 303 g/mol. The van der Waals surface area contributed by atoms with Crippen LogP contribution in [-0.2, 0) is 19.6 Å². The second-order valence-electron chi connectivity index (χ2n) is 4.38. The maximum atomic E-state index is 13.3. The highest BCUT2D eigenvalue weighted by Gasteiger charge is 2.28. The molecule has 0 aromatic heterocycles. The fraction of sp³-hybridized carbons (Fsp3) is 0.462. The third kappa shape index (κ3) is 3.34. The zero-order valence-electron chi connectivity index (χ0n) is 11.9. The van der Waals surface area contributed by atoms with Gasteiger partial charge in [-0.2, -0.15) is 4.31 Å². The average molecular weight is 303 g/mol. The molecule has 0 aliphatic carbocycles. The summed E-state index contributed by atoms with van der Waals surface area (Å²) in [4.78, 5) is 11.3. The number of esters is 1. The molecule has 112 valence electrons. The molecule has 0 fully saturated rings. The van der Waals surface area contributed by atoms with E-state index in [1.807, 2.05) is 0 Å². The van der Waals surface area contributed by atoms with E-state index in [9.17, 15) is 17.6 Å². The molecular weight excluding hydrogens is 285 g/mol. The molecule has 1 aromatic carbocycles. The zero-order valence-corrected chi connectivity index (χ0v) is 12.8. The normalized spacial score (nSPS) is 11.7. The van der Waals surface area contributed by atoms with Gasteiger partial charge in [-0.1, -0.05) is 6.92 Å². The van der Waals surface area contributed by atoms with Gasteiger partial charge in [0.05, 0.1) is 12.0 Å². The summed E-state index contributed by atoms with van der Waals surface area (Å²) >= 11 is 0. The van der Waals surface area contributed by atoms with Crippen molar-refractivity contribution in [2.24, 2.45) is 0 Å². The first-order valence-electron chi connectivity index (χ1n) is 6.07. The van der Waals surface area contributed by atoms with Gasteiger partial charge in [-0.25, -0.2) is 12.8 Å². The van der Waals surface area contributed by atoms with Crippen molar-refractivity contribution in [3.05, 3.63) is 29.1 Å². The Hall–Kier alpha value is -1.47. The number of sulfonamides is 1. The topological polar surface area (TPSA) is 63.7 Å². The predicted octanol–water partition coefficient (Wildman–Crippen LogP) is 1.63. The first kappa shape index (κ1) is 16.6. The SMILES string of the molecule is CCN(CC(=O)OC)S(=O)(=O)c1c(C)cc(F)cc1C. The van der Waals surface area contributed by atoms with Crippen LogP contribution in [0, 0.1) is 19.7 Å². The van der Waals surface area contributed by atoms with E-state index in [4.69, 9.17) is 0 Å². The number of carbonyl (C=O) groups excluding carboxylic acids is 1. The Labute approximate surface area is 118 Å². The van der Waals surface area contributed by atoms with E-state index in [0.717, 1.165) is 16.4 Å². The highest BCUT2D eigenvalue weighted by Crippen LogP contribution is 2.24. The molecule has 0 spiro atoms. The van der Waals surface area contributed by atoms with Gasteiger partial charge in [0.1, 0.15) is 12.4 Å². The fourth-order valence-corrected chi connectivity index (χ4v) is 3.81. The van der Waals surface area contributed by atoms with Gasteiger partial charge < -0.3 is 4.74 Å². The number of methoxy groups -OCH3 is 1. The number of rotatable bonds is 5. The van der Waals surface area contributed by atoms with Crippen molar-refractivity contribution in [1.82, 2.24) is 4.31 Å². The summed E-state index contributed by atoms with van der Waals surface area (Å²) in [5, 5.41) is 0. The van der Waals surface area contributed by atoms with E-state index in [2.05, 4.69) is 4.74 Å². The second-order valence-corrected chi connectivity index (χ2v) is 6.25. The lowest BCUT2D eigenvalue weighted by molar-refractivity contribution is -0.140. The minimum atomic E-state index is -3.87. The van der Waals surface area contributed by atoms with Crippen LogP contribution >= 0.6 is 0 Å². The maximum Gasteiger partial charge on any atom is 0.321 e. The van der Waals surface area contributed by atoms with Crippen molar-refractivity contribution in [3.8, 4) is 0 Å². The van der Waals surface area contributed by atoms with Crippen LogP contribution in [0.2, 0.25) is 0 Å². The molecule has 0 bridgehead atoms. The van der Waals surface area contributed by atoms with E-state index >= 15 is 0 Å². The van der Waals surface area contributed by atoms with Crippen LogP contribution in [0.4, 0.5) is 4.39 Å². The third-order valence-corrected chi connectivity index (χ3v) is 5.14. The molecule has 7 heteroatoms. The first-order valence-corrected chi connectivity index (χ1v) is 7.51. The standard InChI is InChI=1S/C13H18FNO4S/c1-5-15(8-12(16)19-4)20(17,18)13-9(2)6-11(14)7-10(13)3/h6-7H,5,8H2,1-4H3. The lowest BCUT2D eigenvalue weighted by Crippen LogP contribution is -2.36. The molecule has 0 amide bonds. The summed E-state index contributed by atoms with van der Waals surface area (Å²) in [7, 11) is -2.68. The van der Waals surface area contributed by atoms with Gasteiger partial charge in [0.25, 0.3) is 0 Å². The van der Waals surface area contributed by atoms with Crippen LogP contribution in [0.15, 0.2) is 17.0 Å². The van der Waals surface area contributed by atoms with Crippen molar-refractivity contribution in [2.75, 3.05) is 20.2 Å². The molecule has 1 rings (SSSR count). The minimum Gasteiger partial charge on any atom is -0.468 e. The van der Waals surface area contributed by atoms with Gasteiger partial charge in [-0.15, -0.1) is 0 Å². The van der Waals surface area contributed by atoms with Crippen LogP contribution < -0.4 is 0 Å². The lowest BCUT2D eigenvalue weighted by Gasteiger charge is -2.21. The molecule has 0 saturated carbocycles. The number of carbonyl (C=O) groups is 1. The number of ether oxygens (including phenoxy) is 1. The Morgan fingerprint density at radius 3 is 2.20 bits per heavy atom. The fourth-order valence-electron chi connectivity index (χ4n) is 2.01. The Bertz CT molecular complexity index is 590. The van der Waals surface area contributed by atoms with E-state index < -0.39 is 21.8 Å². The minimum absolute atomic E-state index is 0.0321. The van der Waals surface area contributed by atoms with Gasteiger partial charge in [0.2, 0.25) is 10.0 Å². The lowest BCUT2D eigenvalue weighted by atomic mass is 10.1. The van der Waals surface area contributed by atoms with E-state index in [1.54, 1.807) is 6.92 Å². The second kappa shape index (κ2) is 6.32. The molecule has 0 aliphatic heterocycles. The van der Waals surface area contributed by atoms with Crippen molar-refractivity contribution in [1.29, 1.82) is 0 Å². The van der Waals surface area contributed by atoms with E-state index in [0.29, 0.717) is 11.1 Å². The van der Waals surface area contributed by atoms with E-state index in [1.165, 1.54) is 21.0 Å². The number of benzene rings is 1. The number of likely N-dealkylation sites (N-methyl/N-ethyl adjacent to an activating group) is 1. The smallest absolute Gasteiger partial charge is 0.321 e. The summed E-state index contributed by atoms with van der Waals surface area (Å²) in [5.41, 5.74) is 0.622. The van der Waals surface area contributed by atoms with Crippen LogP contribution in [0.1, 0.15) is 18.1 Å². The summed E-state index contributed by atoms with van der Waals surface area (Å²) in [5.74, 6) is -1.14. The Balaban J connectivity index is 3.31.